The first-order valence-corrected chi connectivity index (χ1v) is 10.3. The summed E-state index contributed by atoms with van der Waals surface area (Å²) in [5.74, 6) is -0.469. The molecule has 140 valence electrons. The Kier molecular flexibility index (Phi) is 5.64. The minimum Gasteiger partial charge on any atom is -0.301 e. The normalized spacial score (nSPS) is 11.6. The number of hydrogen-bond donors (Lipinski definition) is 1. The highest BCUT2D eigenvalue weighted by Crippen LogP contribution is 2.24. The summed E-state index contributed by atoms with van der Waals surface area (Å²) in [6, 6.07) is 8.46. The van der Waals surface area contributed by atoms with Crippen molar-refractivity contribution in [1.82, 2.24) is 14.3 Å². The maximum atomic E-state index is 13.2. The molecule has 0 aliphatic carbocycles. The average Bonchev–Trinajstić information content (AvgIpc) is 3.05. The summed E-state index contributed by atoms with van der Waals surface area (Å²) in [5, 5.41) is 3.76. The van der Waals surface area contributed by atoms with Crippen LogP contribution in [0.4, 0.5) is 5.13 Å². The fourth-order valence-electron chi connectivity index (χ4n) is 2.55. The number of sulfonamides is 1. The van der Waals surface area contributed by atoms with Crippen LogP contribution in [-0.2, 0) is 14.8 Å². The van der Waals surface area contributed by atoms with Crippen LogP contribution in [0.1, 0.15) is 4.88 Å². The van der Waals surface area contributed by atoms with Crippen molar-refractivity contribution in [2.75, 3.05) is 18.4 Å². The summed E-state index contributed by atoms with van der Waals surface area (Å²) in [7, 11) is -3.95. The van der Waals surface area contributed by atoms with Crippen molar-refractivity contribution in [3.63, 3.8) is 0 Å². The third-order valence-electron chi connectivity index (χ3n) is 3.73. The Morgan fingerprint density at radius 3 is 2.78 bits per heavy atom. The number of aryl methyl sites for hydroxylation is 1. The van der Waals surface area contributed by atoms with Crippen molar-refractivity contribution in [1.29, 1.82) is 0 Å². The zero-order valence-electron chi connectivity index (χ0n) is 14.6. The lowest BCUT2D eigenvalue weighted by atomic mass is 10.2. The van der Waals surface area contributed by atoms with Gasteiger partial charge < -0.3 is 5.32 Å². The Morgan fingerprint density at radius 1 is 1.30 bits per heavy atom. The second-order valence-corrected chi connectivity index (χ2v) is 8.88. The average molecular weight is 403 g/mol. The summed E-state index contributed by atoms with van der Waals surface area (Å²) in [4.78, 5) is 21.6. The molecule has 7 nitrogen and oxygen atoms in total. The number of thiazole rings is 1. The zero-order chi connectivity index (χ0) is 19.4. The van der Waals surface area contributed by atoms with E-state index in [0.29, 0.717) is 16.0 Å². The van der Waals surface area contributed by atoms with Crippen molar-refractivity contribution < 1.29 is 13.2 Å². The van der Waals surface area contributed by atoms with Crippen LogP contribution in [-0.4, -0.2) is 41.7 Å². The van der Waals surface area contributed by atoms with E-state index in [0.717, 1.165) is 9.18 Å². The van der Waals surface area contributed by atoms with Crippen LogP contribution < -0.4 is 5.32 Å². The van der Waals surface area contributed by atoms with Gasteiger partial charge in [0.05, 0.1) is 12.1 Å². The number of nitrogens with zero attached hydrogens (tertiary/aromatic N) is 3. The van der Waals surface area contributed by atoms with E-state index in [1.165, 1.54) is 29.7 Å². The van der Waals surface area contributed by atoms with Gasteiger partial charge >= 0.3 is 0 Å². The number of para-hydroxylation sites is 1. The highest BCUT2D eigenvalue weighted by atomic mass is 32.2. The number of fused-ring (bicyclic) bond motifs is 1. The van der Waals surface area contributed by atoms with Crippen LogP contribution in [0.25, 0.3) is 10.9 Å². The molecule has 0 unspecified atom stereocenters. The number of hydrogen-bond acceptors (Lipinski definition) is 6. The number of pyridine rings is 1. The van der Waals surface area contributed by atoms with Crippen molar-refractivity contribution >= 4 is 43.3 Å². The van der Waals surface area contributed by atoms with Crippen molar-refractivity contribution in [3.05, 3.63) is 60.3 Å². The molecule has 0 saturated heterocycles. The smallest absolute Gasteiger partial charge is 0.246 e. The molecule has 0 aliphatic rings. The fourth-order valence-corrected chi connectivity index (χ4v) is 4.76. The van der Waals surface area contributed by atoms with E-state index in [4.69, 9.17) is 0 Å². The lowest BCUT2D eigenvalue weighted by Crippen LogP contribution is -2.38. The number of carbonyl (C=O) groups is 1. The summed E-state index contributed by atoms with van der Waals surface area (Å²) in [6.07, 6.45) is 4.62. The van der Waals surface area contributed by atoms with Gasteiger partial charge in [0.15, 0.2) is 5.13 Å². The van der Waals surface area contributed by atoms with Gasteiger partial charge in [-0.25, -0.2) is 13.4 Å². The highest BCUT2D eigenvalue weighted by Gasteiger charge is 2.28. The monoisotopic (exact) mass is 402 g/mol. The first kappa shape index (κ1) is 19.2. The molecule has 0 aliphatic heterocycles. The second kappa shape index (κ2) is 7.95. The van der Waals surface area contributed by atoms with Gasteiger partial charge in [-0.15, -0.1) is 17.9 Å². The first-order valence-electron chi connectivity index (χ1n) is 8.09. The van der Waals surface area contributed by atoms with E-state index in [1.807, 2.05) is 6.92 Å². The molecule has 27 heavy (non-hydrogen) atoms. The molecule has 0 spiro atoms. The first-order chi connectivity index (χ1) is 12.9. The SMILES string of the molecule is C=CCN(CC(=O)Nc1ncc(C)s1)S(=O)(=O)c1cccc2cccnc12. The van der Waals surface area contributed by atoms with Gasteiger partial charge in [0.1, 0.15) is 4.90 Å². The maximum Gasteiger partial charge on any atom is 0.246 e. The number of benzene rings is 1. The van der Waals surface area contributed by atoms with Gasteiger partial charge in [0.2, 0.25) is 15.9 Å². The van der Waals surface area contributed by atoms with Crippen molar-refractivity contribution in [2.45, 2.75) is 11.8 Å². The molecule has 1 amide bonds. The molecule has 3 aromatic rings. The zero-order valence-corrected chi connectivity index (χ0v) is 16.3. The Labute approximate surface area is 161 Å². The number of carbonyl (C=O) groups excluding carboxylic acids is 1. The minimum absolute atomic E-state index is 0.00410. The molecule has 0 fully saturated rings. The van der Waals surface area contributed by atoms with E-state index < -0.39 is 15.9 Å². The van der Waals surface area contributed by atoms with E-state index >= 15 is 0 Å². The Morgan fingerprint density at radius 2 is 2.07 bits per heavy atom. The van der Waals surface area contributed by atoms with Gasteiger partial charge in [-0.05, 0) is 19.1 Å². The minimum atomic E-state index is -3.95. The third kappa shape index (κ3) is 4.21. The topological polar surface area (TPSA) is 92.3 Å². The molecule has 2 aromatic heterocycles. The highest BCUT2D eigenvalue weighted by molar-refractivity contribution is 7.89. The maximum absolute atomic E-state index is 13.2. The molecular weight excluding hydrogens is 384 g/mol. The van der Waals surface area contributed by atoms with E-state index in [2.05, 4.69) is 21.9 Å². The standard InChI is InChI=1S/C18H18N4O3S2/c1-3-10-22(12-16(23)21-18-20-11-13(2)26-18)27(24,25)15-8-4-6-14-7-5-9-19-17(14)15/h3-9,11H,1,10,12H2,2H3,(H,20,21,23). The molecule has 2 heterocycles. The lowest BCUT2D eigenvalue weighted by molar-refractivity contribution is -0.116. The number of anilines is 1. The van der Waals surface area contributed by atoms with Crippen LogP contribution in [0, 0.1) is 6.92 Å². The predicted molar refractivity (Wildman–Crippen MR) is 106 cm³/mol. The molecule has 0 bridgehead atoms. The van der Waals surface area contributed by atoms with Gasteiger partial charge in [-0.1, -0.05) is 24.3 Å². The van der Waals surface area contributed by atoms with Crippen LogP contribution in [0.5, 0.6) is 0 Å². The predicted octanol–water partition coefficient (Wildman–Crippen LogP) is 2.82. The second-order valence-electron chi connectivity index (χ2n) is 5.74. The molecule has 1 N–H and O–H groups in total. The Bertz CT molecular complexity index is 1090. The van der Waals surface area contributed by atoms with Crippen LogP contribution in [0.3, 0.4) is 0 Å². The van der Waals surface area contributed by atoms with Crippen molar-refractivity contribution in [2.24, 2.45) is 0 Å². The molecule has 0 saturated carbocycles. The summed E-state index contributed by atoms with van der Waals surface area (Å²) < 4.78 is 27.4. The molecule has 3 rings (SSSR count). The quantitative estimate of drug-likeness (QED) is 0.614. The molecule has 0 atom stereocenters. The van der Waals surface area contributed by atoms with Crippen molar-refractivity contribution in [3.8, 4) is 0 Å². The van der Waals surface area contributed by atoms with E-state index in [1.54, 1.807) is 30.5 Å². The molecular formula is C18H18N4O3S2. The lowest BCUT2D eigenvalue weighted by Gasteiger charge is -2.20. The van der Waals surface area contributed by atoms with Crippen LogP contribution in [0.15, 0.2) is 60.3 Å². The van der Waals surface area contributed by atoms with Gasteiger partial charge in [0.25, 0.3) is 0 Å². The summed E-state index contributed by atoms with van der Waals surface area (Å²) in [6.45, 7) is 5.12. The molecule has 1 aromatic carbocycles. The summed E-state index contributed by atoms with van der Waals surface area (Å²) >= 11 is 1.32. The number of nitrogens with one attached hydrogen (secondary N) is 1. The van der Waals surface area contributed by atoms with Crippen LogP contribution >= 0.6 is 11.3 Å². The fraction of sp³-hybridized carbons (Fsp3) is 0.167. The van der Waals surface area contributed by atoms with Gasteiger partial charge in [-0.3, -0.25) is 9.78 Å². The number of aromatic nitrogens is 2. The molecule has 0 radical (unpaired) electrons. The Balaban J connectivity index is 1.90. The Hall–Kier alpha value is -2.62. The number of amides is 1. The number of rotatable bonds is 7. The van der Waals surface area contributed by atoms with Gasteiger partial charge in [0, 0.05) is 29.2 Å². The van der Waals surface area contributed by atoms with Gasteiger partial charge in [-0.2, -0.15) is 4.31 Å². The molecule has 9 heteroatoms. The van der Waals surface area contributed by atoms with E-state index in [9.17, 15) is 13.2 Å². The summed E-state index contributed by atoms with van der Waals surface area (Å²) in [5.41, 5.74) is 0.366. The van der Waals surface area contributed by atoms with E-state index in [-0.39, 0.29) is 18.0 Å². The largest absolute Gasteiger partial charge is 0.301 e. The third-order valence-corrected chi connectivity index (χ3v) is 6.41. The van der Waals surface area contributed by atoms with Crippen LogP contribution in [0.2, 0.25) is 0 Å².